The number of aliphatic carboxylic acids is 1. The van der Waals surface area contributed by atoms with Gasteiger partial charge in [0.05, 0.1) is 5.92 Å². The van der Waals surface area contributed by atoms with Crippen LogP contribution in [0.2, 0.25) is 0 Å². The van der Waals surface area contributed by atoms with Crippen molar-refractivity contribution >= 4 is 17.9 Å². The maximum atomic E-state index is 12.5. The summed E-state index contributed by atoms with van der Waals surface area (Å²) in [5, 5.41) is 11.5. The highest BCUT2D eigenvalue weighted by molar-refractivity contribution is 5.81. The quantitative estimate of drug-likeness (QED) is 0.654. The third kappa shape index (κ3) is 6.55. The number of carbonyl (C=O) groups is 3. The van der Waals surface area contributed by atoms with Crippen LogP contribution in [0, 0.1) is 5.92 Å². The molecule has 2 aliphatic rings. The number of carboxylic acid groups (broad SMARTS) is 1. The second-order valence-electron chi connectivity index (χ2n) is 7.11. The molecule has 7 nitrogen and oxygen atoms in total. The lowest BCUT2D eigenvalue weighted by Crippen LogP contribution is -2.49. The number of piperidine rings is 1. The maximum Gasteiger partial charge on any atom is 0.320 e. The van der Waals surface area contributed by atoms with E-state index in [1.54, 1.807) is 0 Å². The van der Waals surface area contributed by atoms with E-state index < -0.39 is 5.97 Å². The molecule has 1 unspecified atom stereocenters. The van der Waals surface area contributed by atoms with Gasteiger partial charge in [-0.25, -0.2) is 4.79 Å². The van der Waals surface area contributed by atoms with Gasteiger partial charge in [-0.3, -0.25) is 9.59 Å². The Morgan fingerprint density at radius 1 is 0.920 bits per heavy atom. The van der Waals surface area contributed by atoms with Crippen molar-refractivity contribution < 1.29 is 19.5 Å². The molecular weight excluding hydrogens is 322 g/mol. The first kappa shape index (κ1) is 19.5. The summed E-state index contributed by atoms with van der Waals surface area (Å²) in [7, 11) is 0. The van der Waals surface area contributed by atoms with E-state index in [1.807, 2.05) is 9.80 Å². The Bertz CT molecular complexity index is 463. The van der Waals surface area contributed by atoms with Crippen LogP contribution >= 0.6 is 0 Å². The molecule has 3 amide bonds. The number of hydrogen-bond acceptors (Lipinski definition) is 3. The number of unbranched alkanes of at least 4 members (excludes halogenated alkanes) is 3. The average Bonchev–Trinajstić information content (AvgIpc) is 3.14. The van der Waals surface area contributed by atoms with Crippen molar-refractivity contribution in [3.05, 3.63) is 0 Å². The second-order valence-corrected chi connectivity index (χ2v) is 7.11. The van der Waals surface area contributed by atoms with E-state index in [-0.39, 0.29) is 24.3 Å². The van der Waals surface area contributed by atoms with Gasteiger partial charge in [0.15, 0.2) is 0 Å². The summed E-state index contributed by atoms with van der Waals surface area (Å²) in [4.78, 5) is 38.9. The fourth-order valence-corrected chi connectivity index (χ4v) is 3.58. The predicted octanol–water partition coefficient (Wildman–Crippen LogP) is 2.07. The van der Waals surface area contributed by atoms with Crippen LogP contribution in [-0.4, -0.2) is 65.5 Å². The molecular formula is C18H31N3O4. The molecule has 2 heterocycles. The fraction of sp³-hybridized carbons (Fsp3) is 0.833. The lowest BCUT2D eigenvalue weighted by atomic mass is 9.97. The summed E-state index contributed by atoms with van der Waals surface area (Å²) in [6, 6.07) is 0.0911. The lowest BCUT2D eigenvalue weighted by Gasteiger charge is -2.34. The Labute approximate surface area is 149 Å². The van der Waals surface area contributed by atoms with E-state index in [0.717, 1.165) is 64.6 Å². The van der Waals surface area contributed by atoms with Crippen LogP contribution < -0.4 is 5.32 Å². The van der Waals surface area contributed by atoms with Crippen molar-refractivity contribution in [1.82, 2.24) is 15.1 Å². The minimum absolute atomic E-state index is 0.0458. The van der Waals surface area contributed by atoms with Crippen molar-refractivity contribution in [2.45, 2.75) is 57.8 Å². The molecule has 0 saturated carbocycles. The van der Waals surface area contributed by atoms with Gasteiger partial charge in [0, 0.05) is 39.1 Å². The Hall–Kier alpha value is -1.79. The summed E-state index contributed by atoms with van der Waals surface area (Å²) >= 11 is 0. The zero-order valence-corrected chi connectivity index (χ0v) is 15.0. The van der Waals surface area contributed by atoms with E-state index in [0.29, 0.717) is 19.5 Å². The first-order valence-corrected chi connectivity index (χ1v) is 9.61. The van der Waals surface area contributed by atoms with Crippen LogP contribution in [0.5, 0.6) is 0 Å². The normalized spacial score (nSPS) is 20.6. The molecule has 2 rings (SSSR count). The van der Waals surface area contributed by atoms with E-state index in [1.165, 1.54) is 0 Å². The lowest BCUT2D eigenvalue weighted by molar-refractivity contribution is -0.137. The number of urea groups is 1. The molecule has 0 spiro atoms. The molecule has 0 aromatic heterocycles. The minimum Gasteiger partial charge on any atom is -0.481 e. The zero-order chi connectivity index (χ0) is 18.1. The van der Waals surface area contributed by atoms with Gasteiger partial charge in [0.2, 0.25) is 5.91 Å². The highest BCUT2D eigenvalue weighted by atomic mass is 16.4. The molecule has 0 aromatic rings. The van der Waals surface area contributed by atoms with Gasteiger partial charge < -0.3 is 20.2 Å². The predicted molar refractivity (Wildman–Crippen MR) is 94.2 cm³/mol. The zero-order valence-electron chi connectivity index (χ0n) is 15.0. The molecule has 0 bridgehead atoms. The van der Waals surface area contributed by atoms with E-state index in [9.17, 15) is 14.4 Å². The second kappa shape index (κ2) is 10.3. The monoisotopic (exact) mass is 353 g/mol. The molecule has 0 aliphatic carbocycles. The maximum absolute atomic E-state index is 12.5. The molecule has 1 atom stereocenters. The van der Waals surface area contributed by atoms with Crippen LogP contribution in [0.3, 0.4) is 0 Å². The molecule has 7 heteroatoms. The largest absolute Gasteiger partial charge is 0.481 e. The van der Waals surface area contributed by atoms with Gasteiger partial charge in [-0.2, -0.15) is 0 Å². The van der Waals surface area contributed by atoms with Crippen LogP contribution in [0.15, 0.2) is 0 Å². The van der Waals surface area contributed by atoms with Gasteiger partial charge in [0.25, 0.3) is 0 Å². The number of hydrogen-bond donors (Lipinski definition) is 2. The Morgan fingerprint density at radius 2 is 1.60 bits per heavy atom. The molecule has 2 N–H and O–H groups in total. The van der Waals surface area contributed by atoms with E-state index >= 15 is 0 Å². The van der Waals surface area contributed by atoms with Gasteiger partial charge >= 0.3 is 12.0 Å². The summed E-state index contributed by atoms with van der Waals surface area (Å²) in [6.07, 6.45) is 7.47. The van der Waals surface area contributed by atoms with Crippen LogP contribution in [-0.2, 0) is 9.59 Å². The SMILES string of the molecule is O=C(O)CCCCCCNC(=O)C1CCCN(C(=O)N2CCCC2)C1. The van der Waals surface area contributed by atoms with E-state index in [4.69, 9.17) is 5.11 Å². The van der Waals surface area contributed by atoms with Crippen molar-refractivity contribution in [3.8, 4) is 0 Å². The molecule has 2 saturated heterocycles. The Kier molecular flexibility index (Phi) is 8.01. The summed E-state index contributed by atoms with van der Waals surface area (Å²) in [5.41, 5.74) is 0. The molecule has 2 aliphatic heterocycles. The first-order valence-electron chi connectivity index (χ1n) is 9.61. The molecule has 2 fully saturated rings. The van der Waals surface area contributed by atoms with Crippen LogP contribution in [0.1, 0.15) is 57.8 Å². The van der Waals surface area contributed by atoms with Gasteiger partial charge in [0.1, 0.15) is 0 Å². The highest BCUT2D eigenvalue weighted by Gasteiger charge is 2.31. The van der Waals surface area contributed by atoms with Gasteiger partial charge in [-0.1, -0.05) is 12.8 Å². The Morgan fingerprint density at radius 3 is 2.32 bits per heavy atom. The van der Waals surface area contributed by atoms with Crippen molar-refractivity contribution in [1.29, 1.82) is 0 Å². The van der Waals surface area contributed by atoms with Crippen molar-refractivity contribution in [2.75, 3.05) is 32.7 Å². The summed E-state index contributed by atoms with van der Waals surface area (Å²) in [5.74, 6) is -0.810. The van der Waals surface area contributed by atoms with E-state index in [2.05, 4.69) is 5.32 Å². The number of likely N-dealkylation sites (tertiary alicyclic amines) is 2. The average molecular weight is 353 g/mol. The molecule has 25 heavy (non-hydrogen) atoms. The smallest absolute Gasteiger partial charge is 0.320 e. The number of carboxylic acids is 1. The Balaban J connectivity index is 1.62. The molecule has 142 valence electrons. The van der Waals surface area contributed by atoms with Crippen LogP contribution in [0.4, 0.5) is 4.79 Å². The molecule has 0 radical (unpaired) electrons. The minimum atomic E-state index is -0.751. The highest BCUT2D eigenvalue weighted by Crippen LogP contribution is 2.20. The number of rotatable bonds is 8. The van der Waals surface area contributed by atoms with Gasteiger partial charge in [-0.15, -0.1) is 0 Å². The number of nitrogens with zero attached hydrogens (tertiary/aromatic N) is 2. The van der Waals surface area contributed by atoms with Crippen molar-refractivity contribution in [2.24, 2.45) is 5.92 Å². The topological polar surface area (TPSA) is 90.0 Å². The van der Waals surface area contributed by atoms with Crippen molar-refractivity contribution in [3.63, 3.8) is 0 Å². The number of amides is 3. The molecule has 0 aromatic carbocycles. The summed E-state index contributed by atoms with van der Waals surface area (Å²) < 4.78 is 0. The number of nitrogens with one attached hydrogen (secondary N) is 1. The number of carbonyl (C=O) groups excluding carboxylic acids is 2. The third-order valence-electron chi connectivity index (χ3n) is 5.06. The first-order chi connectivity index (χ1) is 12.1. The summed E-state index contributed by atoms with van der Waals surface area (Å²) in [6.45, 7) is 3.59. The standard InChI is InChI=1S/C18H31N3O4/c22-16(23)9-3-1-2-4-10-19-17(24)15-8-7-13-21(14-15)18(25)20-11-5-6-12-20/h15H,1-14H2,(H,19,24)(H,22,23). The van der Waals surface area contributed by atoms with Gasteiger partial charge in [-0.05, 0) is 38.5 Å². The third-order valence-corrected chi connectivity index (χ3v) is 5.06. The van der Waals surface area contributed by atoms with Crippen LogP contribution in [0.25, 0.3) is 0 Å². The fourth-order valence-electron chi connectivity index (χ4n) is 3.58.